The molecule has 1 aliphatic rings. The molecule has 0 bridgehead atoms. The molecule has 6 nitrogen and oxygen atoms in total. The quantitative estimate of drug-likeness (QED) is 0.813. The van der Waals surface area contributed by atoms with Crippen molar-refractivity contribution in [1.82, 2.24) is 9.21 Å². The first-order valence-electron chi connectivity index (χ1n) is 7.76. The lowest BCUT2D eigenvalue weighted by Crippen LogP contribution is -2.28. The van der Waals surface area contributed by atoms with Crippen molar-refractivity contribution in [3.05, 3.63) is 40.0 Å². The Bertz CT molecular complexity index is 818. The lowest BCUT2D eigenvalue weighted by Gasteiger charge is -2.14. The monoisotopic (exact) mass is 368 g/mol. The van der Waals surface area contributed by atoms with E-state index in [9.17, 15) is 13.2 Å². The van der Waals surface area contributed by atoms with Crippen LogP contribution in [0, 0.1) is 6.92 Å². The molecule has 1 amide bonds. The molecular weight excluding hydrogens is 348 g/mol. The predicted octanol–water partition coefficient (Wildman–Crippen LogP) is 2.71. The van der Waals surface area contributed by atoms with Gasteiger partial charge in [0.1, 0.15) is 10.7 Å². The summed E-state index contributed by atoms with van der Waals surface area (Å²) in [6, 6.07) is 3.31. The molecule has 8 heteroatoms. The van der Waals surface area contributed by atoms with E-state index in [0.29, 0.717) is 19.6 Å². The molecule has 3 heterocycles. The number of nitrogens with zero attached hydrogens (tertiary/aromatic N) is 2. The number of aryl methyl sites for hydroxylation is 1. The minimum absolute atomic E-state index is 0.0583. The van der Waals surface area contributed by atoms with Gasteiger partial charge in [0.25, 0.3) is 5.91 Å². The van der Waals surface area contributed by atoms with Gasteiger partial charge in [0.05, 0.1) is 0 Å². The number of amides is 1. The Hall–Kier alpha value is -1.64. The van der Waals surface area contributed by atoms with Crippen molar-refractivity contribution in [3.8, 4) is 0 Å². The Balaban J connectivity index is 1.81. The average molecular weight is 368 g/mol. The van der Waals surface area contributed by atoms with Gasteiger partial charge in [0.2, 0.25) is 10.0 Å². The molecule has 0 unspecified atom stereocenters. The number of thiophene rings is 1. The normalized spacial score (nSPS) is 15.8. The molecule has 2 aromatic rings. The first-order valence-corrected chi connectivity index (χ1v) is 10.1. The fourth-order valence-corrected chi connectivity index (χ4v) is 5.15. The summed E-state index contributed by atoms with van der Waals surface area (Å²) in [7, 11) is -1.91. The van der Waals surface area contributed by atoms with E-state index in [1.807, 2.05) is 16.8 Å². The highest BCUT2D eigenvalue weighted by molar-refractivity contribution is 7.89. The molecule has 0 radical (unpaired) electrons. The van der Waals surface area contributed by atoms with Crippen molar-refractivity contribution in [1.29, 1.82) is 0 Å². The van der Waals surface area contributed by atoms with Gasteiger partial charge >= 0.3 is 0 Å². The third-order valence-corrected chi connectivity index (χ3v) is 6.85. The number of hydrogen-bond donors (Lipinski definition) is 0. The van der Waals surface area contributed by atoms with E-state index >= 15 is 0 Å². The molecule has 24 heavy (non-hydrogen) atoms. The summed E-state index contributed by atoms with van der Waals surface area (Å²) < 4.78 is 32.2. The molecule has 0 saturated carbocycles. The van der Waals surface area contributed by atoms with E-state index in [-0.39, 0.29) is 22.3 Å². The van der Waals surface area contributed by atoms with Crippen molar-refractivity contribution in [2.45, 2.75) is 31.2 Å². The molecule has 1 aliphatic heterocycles. The molecule has 1 saturated heterocycles. The summed E-state index contributed by atoms with van der Waals surface area (Å²) in [5.41, 5.74) is 1.03. The first kappa shape index (κ1) is 17.2. The van der Waals surface area contributed by atoms with E-state index in [0.717, 1.165) is 18.4 Å². The van der Waals surface area contributed by atoms with Crippen LogP contribution in [0.15, 0.2) is 32.2 Å². The average Bonchev–Trinajstić information content (AvgIpc) is 3.27. The molecule has 3 rings (SSSR count). The Kier molecular flexibility index (Phi) is 4.80. The molecular formula is C16H20N2O4S2. The maximum atomic E-state index is 12.7. The maximum Gasteiger partial charge on any atom is 0.289 e. The minimum atomic E-state index is -3.59. The van der Waals surface area contributed by atoms with Crippen molar-refractivity contribution in [2.24, 2.45) is 0 Å². The molecule has 2 aromatic heterocycles. The van der Waals surface area contributed by atoms with Gasteiger partial charge in [0.15, 0.2) is 5.76 Å². The van der Waals surface area contributed by atoms with Crippen LogP contribution in [-0.2, 0) is 16.6 Å². The van der Waals surface area contributed by atoms with E-state index in [4.69, 9.17) is 4.42 Å². The number of carbonyl (C=O) groups is 1. The highest BCUT2D eigenvalue weighted by Crippen LogP contribution is 2.27. The predicted molar refractivity (Wildman–Crippen MR) is 91.6 cm³/mol. The molecule has 0 atom stereocenters. The van der Waals surface area contributed by atoms with Gasteiger partial charge in [-0.2, -0.15) is 15.6 Å². The summed E-state index contributed by atoms with van der Waals surface area (Å²) in [6.45, 7) is 3.08. The van der Waals surface area contributed by atoms with Crippen LogP contribution in [0.2, 0.25) is 0 Å². The SMILES string of the molecule is Cc1oc(C(=O)N(C)Cc2ccsc2)cc1S(=O)(=O)N1CCCC1. The van der Waals surface area contributed by atoms with Crippen LogP contribution in [0.5, 0.6) is 0 Å². The number of rotatable bonds is 5. The number of sulfonamides is 1. The van der Waals surface area contributed by atoms with Crippen LogP contribution in [0.4, 0.5) is 0 Å². The van der Waals surface area contributed by atoms with E-state index in [2.05, 4.69) is 0 Å². The summed E-state index contributed by atoms with van der Waals surface area (Å²) in [5, 5.41) is 3.92. The lowest BCUT2D eigenvalue weighted by molar-refractivity contribution is 0.0752. The van der Waals surface area contributed by atoms with E-state index in [1.165, 1.54) is 15.3 Å². The molecule has 0 aliphatic carbocycles. The van der Waals surface area contributed by atoms with Crippen molar-refractivity contribution in [2.75, 3.05) is 20.1 Å². The number of carbonyl (C=O) groups excluding carboxylic acids is 1. The molecule has 0 aromatic carbocycles. The number of furan rings is 1. The van der Waals surface area contributed by atoms with E-state index < -0.39 is 10.0 Å². The zero-order valence-electron chi connectivity index (χ0n) is 13.7. The summed E-state index contributed by atoms with van der Waals surface area (Å²) >= 11 is 1.57. The zero-order valence-corrected chi connectivity index (χ0v) is 15.3. The van der Waals surface area contributed by atoms with Gasteiger partial charge in [-0.15, -0.1) is 0 Å². The van der Waals surface area contributed by atoms with Gasteiger partial charge in [-0.05, 0) is 42.2 Å². The highest BCUT2D eigenvalue weighted by Gasteiger charge is 2.32. The maximum absolute atomic E-state index is 12.7. The van der Waals surface area contributed by atoms with Gasteiger partial charge in [-0.1, -0.05) is 0 Å². The summed E-state index contributed by atoms with van der Waals surface area (Å²) in [5.74, 6) is -0.00985. The molecule has 1 fully saturated rings. The van der Waals surface area contributed by atoms with Gasteiger partial charge in [0, 0.05) is 32.7 Å². The third-order valence-electron chi connectivity index (χ3n) is 4.11. The Morgan fingerprint density at radius 3 is 2.71 bits per heavy atom. The Morgan fingerprint density at radius 1 is 1.38 bits per heavy atom. The third kappa shape index (κ3) is 3.26. The van der Waals surface area contributed by atoms with E-state index in [1.54, 1.807) is 25.3 Å². The van der Waals surface area contributed by atoms with Crippen LogP contribution in [0.1, 0.15) is 34.7 Å². The topological polar surface area (TPSA) is 70.8 Å². The second-order valence-electron chi connectivity index (χ2n) is 5.94. The van der Waals surface area contributed by atoms with Crippen LogP contribution < -0.4 is 0 Å². The molecule has 0 spiro atoms. The first-order chi connectivity index (χ1) is 11.4. The van der Waals surface area contributed by atoms with Crippen molar-refractivity contribution >= 4 is 27.3 Å². The standard InChI is InChI=1S/C16H20N2O4S2/c1-12-15(24(20,21)18-6-3-4-7-18)9-14(22-12)16(19)17(2)10-13-5-8-23-11-13/h5,8-9,11H,3-4,6-7,10H2,1-2H3. The zero-order chi connectivity index (χ0) is 17.3. The Morgan fingerprint density at radius 2 is 2.08 bits per heavy atom. The fourth-order valence-electron chi connectivity index (χ4n) is 2.81. The van der Waals surface area contributed by atoms with Crippen molar-refractivity contribution in [3.63, 3.8) is 0 Å². The van der Waals surface area contributed by atoms with Crippen molar-refractivity contribution < 1.29 is 17.6 Å². The lowest BCUT2D eigenvalue weighted by atomic mass is 10.3. The second kappa shape index (κ2) is 6.70. The van der Waals surface area contributed by atoms with Crippen LogP contribution in [0.25, 0.3) is 0 Å². The number of hydrogen-bond acceptors (Lipinski definition) is 5. The molecule has 130 valence electrons. The van der Waals surface area contributed by atoms with Gasteiger partial charge in [-0.3, -0.25) is 4.79 Å². The summed E-state index contributed by atoms with van der Waals surface area (Å²) in [4.78, 5) is 14.1. The Labute approximate surface area is 145 Å². The van der Waals surface area contributed by atoms with Crippen LogP contribution in [-0.4, -0.2) is 43.7 Å². The van der Waals surface area contributed by atoms with Crippen LogP contribution in [0.3, 0.4) is 0 Å². The second-order valence-corrected chi connectivity index (χ2v) is 8.62. The van der Waals surface area contributed by atoms with Crippen LogP contribution >= 0.6 is 11.3 Å². The molecule has 0 N–H and O–H groups in total. The fraction of sp³-hybridized carbons (Fsp3) is 0.438. The summed E-state index contributed by atoms with van der Waals surface area (Å²) in [6.07, 6.45) is 1.73. The van der Waals surface area contributed by atoms with Gasteiger partial charge < -0.3 is 9.32 Å². The van der Waals surface area contributed by atoms with Gasteiger partial charge in [-0.25, -0.2) is 8.42 Å². The largest absolute Gasteiger partial charge is 0.455 e. The highest BCUT2D eigenvalue weighted by atomic mass is 32.2. The smallest absolute Gasteiger partial charge is 0.289 e. The minimum Gasteiger partial charge on any atom is -0.455 e.